The van der Waals surface area contributed by atoms with Gasteiger partial charge >= 0.3 is 18.0 Å². The third-order valence-corrected chi connectivity index (χ3v) is 2.70. The molecule has 0 aliphatic carbocycles. The van der Waals surface area contributed by atoms with Crippen LogP contribution in [0.3, 0.4) is 0 Å². The molecular weight excluding hydrogens is 283 g/mol. The van der Waals surface area contributed by atoms with Gasteiger partial charge in [-0.05, 0) is 31.0 Å². The number of carboxylic acid groups (broad SMARTS) is 2. The number of halogens is 1. The second-order valence-electron chi connectivity index (χ2n) is 4.38. The van der Waals surface area contributed by atoms with Crippen molar-refractivity contribution in [2.75, 3.05) is 5.32 Å². The average molecular weight is 298 g/mol. The molecule has 0 bridgehead atoms. The van der Waals surface area contributed by atoms with Gasteiger partial charge in [-0.3, -0.25) is 4.79 Å². The van der Waals surface area contributed by atoms with Gasteiger partial charge in [0, 0.05) is 12.1 Å². The van der Waals surface area contributed by atoms with Gasteiger partial charge < -0.3 is 20.8 Å². The molecule has 8 heteroatoms. The number of amides is 2. The topological polar surface area (TPSA) is 116 Å². The van der Waals surface area contributed by atoms with Crippen molar-refractivity contribution >= 4 is 23.7 Å². The highest BCUT2D eigenvalue weighted by atomic mass is 19.1. The summed E-state index contributed by atoms with van der Waals surface area (Å²) in [5.74, 6) is -3.05. The first-order valence-electron chi connectivity index (χ1n) is 6.08. The monoisotopic (exact) mass is 298 g/mol. The number of benzene rings is 1. The summed E-state index contributed by atoms with van der Waals surface area (Å²) in [4.78, 5) is 33.0. The predicted molar refractivity (Wildman–Crippen MR) is 71.6 cm³/mol. The lowest BCUT2D eigenvalue weighted by atomic mass is 10.1. The van der Waals surface area contributed by atoms with Crippen LogP contribution in [0.5, 0.6) is 0 Å². The van der Waals surface area contributed by atoms with Crippen LogP contribution in [0.1, 0.15) is 18.4 Å². The Bertz CT molecular complexity index is 561. The van der Waals surface area contributed by atoms with E-state index < -0.39 is 36.2 Å². The van der Waals surface area contributed by atoms with Crippen molar-refractivity contribution in [1.29, 1.82) is 0 Å². The van der Waals surface area contributed by atoms with E-state index in [-0.39, 0.29) is 12.1 Å². The van der Waals surface area contributed by atoms with E-state index in [1.165, 1.54) is 12.1 Å². The van der Waals surface area contributed by atoms with Gasteiger partial charge in [0.2, 0.25) is 0 Å². The zero-order valence-corrected chi connectivity index (χ0v) is 11.2. The third kappa shape index (κ3) is 5.47. The van der Waals surface area contributed by atoms with Crippen molar-refractivity contribution in [3.05, 3.63) is 29.6 Å². The van der Waals surface area contributed by atoms with E-state index in [9.17, 15) is 18.8 Å². The Hall–Kier alpha value is -2.64. The summed E-state index contributed by atoms with van der Waals surface area (Å²) in [5.41, 5.74) is 0.804. The largest absolute Gasteiger partial charge is 0.481 e. The van der Waals surface area contributed by atoms with E-state index in [0.717, 1.165) is 6.07 Å². The maximum Gasteiger partial charge on any atom is 0.326 e. The van der Waals surface area contributed by atoms with Gasteiger partial charge in [0.05, 0.1) is 0 Å². The van der Waals surface area contributed by atoms with Crippen molar-refractivity contribution in [3.63, 3.8) is 0 Å². The fraction of sp³-hybridized carbons (Fsp3) is 0.308. The van der Waals surface area contributed by atoms with Crippen LogP contribution < -0.4 is 10.6 Å². The summed E-state index contributed by atoms with van der Waals surface area (Å²) in [5, 5.41) is 21.9. The number of rotatable bonds is 6. The Kier molecular flexibility index (Phi) is 5.65. The van der Waals surface area contributed by atoms with Crippen LogP contribution in [-0.4, -0.2) is 34.2 Å². The van der Waals surface area contributed by atoms with Crippen molar-refractivity contribution in [2.45, 2.75) is 25.8 Å². The fourth-order valence-electron chi connectivity index (χ4n) is 1.57. The first-order valence-corrected chi connectivity index (χ1v) is 6.08. The molecule has 0 unspecified atom stereocenters. The molecule has 0 aromatic heterocycles. The Morgan fingerprint density at radius 2 is 1.95 bits per heavy atom. The van der Waals surface area contributed by atoms with Crippen molar-refractivity contribution in [1.82, 2.24) is 5.32 Å². The Labute approximate surface area is 119 Å². The lowest BCUT2D eigenvalue weighted by Gasteiger charge is -2.15. The van der Waals surface area contributed by atoms with Gasteiger partial charge in [0.1, 0.15) is 11.9 Å². The van der Waals surface area contributed by atoms with Crippen LogP contribution in [0.25, 0.3) is 0 Å². The molecule has 0 saturated carbocycles. The summed E-state index contributed by atoms with van der Waals surface area (Å²) in [6.45, 7) is 1.65. The Balaban J connectivity index is 2.67. The van der Waals surface area contributed by atoms with Gasteiger partial charge in [-0.15, -0.1) is 0 Å². The zero-order valence-electron chi connectivity index (χ0n) is 11.2. The summed E-state index contributed by atoms with van der Waals surface area (Å²) in [6, 6.07) is 1.61. The van der Waals surface area contributed by atoms with Crippen LogP contribution in [0.2, 0.25) is 0 Å². The van der Waals surface area contributed by atoms with Gasteiger partial charge in [-0.1, -0.05) is 6.07 Å². The molecule has 0 aliphatic heterocycles. The Morgan fingerprint density at radius 1 is 1.29 bits per heavy atom. The highest BCUT2D eigenvalue weighted by Crippen LogP contribution is 2.15. The molecule has 1 atom stereocenters. The minimum atomic E-state index is -1.35. The van der Waals surface area contributed by atoms with E-state index in [1.54, 1.807) is 6.92 Å². The fourth-order valence-corrected chi connectivity index (χ4v) is 1.57. The van der Waals surface area contributed by atoms with Gasteiger partial charge in [0.15, 0.2) is 0 Å². The molecule has 114 valence electrons. The van der Waals surface area contributed by atoms with Gasteiger partial charge in [-0.2, -0.15) is 0 Å². The highest BCUT2D eigenvalue weighted by molar-refractivity contribution is 5.93. The molecule has 1 aromatic rings. The molecule has 0 radical (unpaired) electrons. The second-order valence-corrected chi connectivity index (χ2v) is 4.38. The summed E-state index contributed by atoms with van der Waals surface area (Å²) < 4.78 is 13.1. The van der Waals surface area contributed by atoms with E-state index in [0.29, 0.717) is 5.56 Å². The number of urea groups is 1. The molecule has 0 fully saturated rings. The predicted octanol–water partition coefficient (Wildman–Crippen LogP) is 1.57. The quantitative estimate of drug-likeness (QED) is 0.636. The van der Waals surface area contributed by atoms with E-state index >= 15 is 0 Å². The average Bonchev–Trinajstić information content (AvgIpc) is 2.38. The number of carbonyl (C=O) groups excluding carboxylic acids is 1. The number of carboxylic acids is 2. The van der Waals surface area contributed by atoms with Crippen LogP contribution in [0.4, 0.5) is 14.9 Å². The SMILES string of the molecule is Cc1ccc(F)cc1NC(=O)N[C@@H](CCC(=O)O)C(=O)O. The summed E-state index contributed by atoms with van der Waals surface area (Å²) >= 11 is 0. The Morgan fingerprint density at radius 3 is 2.52 bits per heavy atom. The first kappa shape index (κ1) is 16.4. The molecule has 21 heavy (non-hydrogen) atoms. The van der Waals surface area contributed by atoms with Crippen LogP contribution >= 0.6 is 0 Å². The van der Waals surface area contributed by atoms with Crippen molar-refractivity contribution in [2.24, 2.45) is 0 Å². The van der Waals surface area contributed by atoms with Crippen molar-refractivity contribution < 1.29 is 29.0 Å². The lowest BCUT2D eigenvalue weighted by molar-refractivity contribution is -0.140. The van der Waals surface area contributed by atoms with Crippen LogP contribution in [0.15, 0.2) is 18.2 Å². The van der Waals surface area contributed by atoms with E-state index in [4.69, 9.17) is 10.2 Å². The number of aliphatic carboxylic acids is 2. The molecule has 0 saturated heterocycles. The van der Waals surface area contributed by atoms with Crippen LogP contribution in [-0.2, 0) is 9.59 Å². The van der Waals surface area contributed by atoms with Gasteiger partial charge in [0.25, 0.3) is 0 Å². The summed E-state index contributed by atoms with van der Waals surface area (Å²) in [7, 11) is 0. The minimum Gasteiger partial charge on any atom is -0.481 e. The van der Waals surface area contributed by atoms with E-state index in [2.05, 4.69) is 10.6 Å². The molecule has 4 N–H and O–H groups in total. The normalized spacial score (nSPS) is 11.5. The number of hydrogen-bond donors (Lipinski definition) is 4. The third-order valence-electron chi connectivity index (χ3n) is 2.70. The molecule has 0 aliphatic rings. The molecule has 1 aromatic carbocycles. The molecule has 0 heterocycles. The van der Waals surface area contributed by atoms with Crippen molar-refractivity contribution in [3.8, 4) is 0 Å². The highest BCUT2D eigenvalue weighted by Gasteiger charge is 2.21. The zero-order chi connectivity index (χ0) is 16.0. The smallest absolute Gasteiger partial charge is 0.326 e. The van der Waals surface area contributed by atoms with Gasteiger partial charge in [-0.25, -0.2) is 14.0 Å². The lowest BCUT2D eigenvalue weighted by Crippen LogP contribution is -2.43. The number of carbonyl (C=O) groups is 3. The number of hydrogen-bond acceptors (Lipinski definition) is 3. The second kappa shape index (κ2) is 7.22. The minimum absolute atomic E-state index is 0.204. The first-order chi connectivity index (χ1) is 9.79. The molecule has 2 amide bonds. The molecule has 7 nitrogen and oxygen atoms in total. The molecule has 0 spiro atoms. The summed E-state index contributed by atoms with van der Waals surface area (Å²) in [6.07, 6.45) is -0.642. The number of aryl methyl sites for hydroxylation is 1. The number of anilines is 1. The molecular formula is C13H15FN2O5. The molecule has 1 rings (SSSR count). The van der Waals surface area contributed by atoms with Crippen LogP contribution in [0, 0.1) is 12.7 Å². The maximum atomic E-state index is 13.1. The van der Waals surface area contributed by atoms with E-state index in [1.807, 2.05) is 0 Å². The number of nitrogens with one attached hydrogen (secondary N) is 2. The standard InChI is InChI=1S/C13H15FN2O5/c1-7-2-3-8(14)6-10(7)16-13(21)15-9(12(19)20)4-5-11(17)18/h2-3,6,9H,4-5H2,1H3,(H,17,18)(H,19,20)(H2,15,16,21)/t9-/m0/s1. The maximum absolute atomic E-state index is 13.1.